The Morgan fingerprint density at radius 2 is 1.96 bits per heavy atom. The molecule has 0 bridgehead atoms. The second kappa shape index (κ2) is 7.66. The van der Waals surface area contributed by atoms with Crippen molar-refractivity contribution in [2.24, 2.45) is 11.1 Å². The lowest BCUT2D eigenvalue weighted by Crippen LogP contribution is -2.39. The molecule has 3 amide bonds. The summed E-state index contributed by atoms with van der Waals surface area (Å²) >= 11 is 0. The summed E-state index contributed by atoms with van der Waals surface area (Å²) in [6.07, 6.45) is 0. The van der Waals surface area contributed by atoms with Crippen molar-refractivity contribution in [3.8, 4) is 0 Å². The minimum Gasteiger partial charge on any atom is -0.341 e. The summed E-state index contributed by atoms with van der Waals surface area (Å²) in [7, 11) is 1.78. The van der Waals surface area contributed by atoms with Crippen molar-refractivity contribution in [3.63, 3.8) is 0 Å². The fraction of sp³-hybridized carbons (Fsp3) is 0.500. The number of halogens is 1. The molecule has 128 valence electrons. The lowest BCUT2D eigenvalue weighted by molar-refractivity contribution is 0.0740. The van der Waals surface area contributed by atoms with E-state index in [0.717, 1.165) is 5.69 Å². The Balaban J connectivity index is 0.00000264. The SMILES string of the molecule is CN(CC(C)(C)CN)C(=O)c1ccc(N2CCNC2=O)cc1.Cl. The van der Waals surface area contributed by atoms with Gasteiger partial charge in [0.05, 0.1) is 0 Å². The maximum atomic E-state index is 12.4. The van der Waals surface area contributed by atoms with Crippen molar-refractivity contribution in [3.05, 3.63) is 29.8 Å². The van der Waals surface area contributed by atoms with E-state index in [4.69, 9.17) is 5.73 Å². The standard InChI is InChI=1S/C16H24N4O2.ClH/c1-16(2,10-17)11-19(3)14(21)12-4-6-13(7-5-12)20-9-8-18-15(20)22;/h4-7H,8-11,17H2,1-3H3,(H,18,22);1H. The number of amides is 3. The molecular formula is C16H25ClN4O2. The first-order chi connectivity index (χ1) is 10.3. The summed E-state index contributed by atoms with van der Waals surface area (Å²) in [6.45, 7) is 6.48. The number of nitrogens with two attached hydrogens (primary N) is 1. The van der Waals surface area contributed by atoms with Crippen molar-refractivity contribution in [1.82, 2.24) is 10.2 Å². The second-order valence-corrected chi connectivity index (χ2v) is 6.46. The molecule has 0 aromatic heterocycles. The first kappa shape index (κ1) is 19.3. The smallest absolute Gasteiger partial charge is 0.321 e. The van der Waals surface area contributed by atoms with Gasteiger partial charge in [-0.05, 0) is 36.2 Å². The molecule has 0 unspecified atom stereocenters. The predicted molar refractivity (Wildman–Crippen MR) is 94.2 cm³/mol. The molecule has 1 aliphatic rings. The molecule has 23 heavy (non-hydrogen) atoms. The van der Waals surface area contributed by atoms with Crippen LogP contribution in [0.2, 0.25) is 0 Å². The van der Waals surface area contributed by atoms with Gasteiger partial charge in [-0.2, -0.15) is 0 Å². The van der Waals surface area contributed by atoms with Gasteiger partial charge in [0.1, 0.15) is 0 Å². The molecule has 1 saturated heterocycles. The van der Waals surface area contributed by atoms with Crippen LogP contribution in [0.1, 0.15) is 24.2 Å². The van der Waals surface area contributed by atoms with E-state index in [9.17, 15) is 9.59 Å². The monoisotopic (exact) mass is 340 g/mol. The van der Waals surface area contributed by atoms with Gasteiger partial charge >= 0.3 is 6.03 Å². The molecule has 6 nitrogen and oxygen atoms in total. The number of carbonyl (C=O) groups excluding carboxylic acids is 2. The van der Waals surface area contributed by atoms with Crippen LogP contribution in [0, 0.1) is 5.41 Å². The Bertz CT molecular complexity index is 560. The van der Waals surface area contributed by atoms with Gasteiger partial charge in [-0.3, -0.25) is 9.69 Å². The molecule has 0 atom stereocenters. The van der Waals surface area contributed by atoms with Crippen LogP contribution in [-0.2, 0) is 0 Å². The number of hydrogen-bond acceptors (Lipinski definition) is 3. The quantitative estimate of drug-likeness (QED) is 0.856. The molecule has 1 aromatic carbocycles. The van der Waals surface area contributed by atoms with Gasteiger partial charge in [-0.15, -0.1) is 12.4 Å². The van der Waals surface area contributed by atoms with E-state index in [1.807, 2.05) is 13.8 Å². The van der Waals surface area contributed by atoms with E-state index in [1.54, 1.807) is 41.1 Å². The number of carbonyl (C=O) groups is 2. The van der Waals surface area contributed by atoms with Crippen LogP contribution < -0.4 is 16.0 Å². The summed E-state index contributed by atoms with van der Waals surface area (Å²) < 4.78 is 0. The zero-order valence-electron chi connectivity index (χ0n) is 13.8. The minimum absolute atomic E-state index is 0. The van der Waals surface area contributed by atoms with Crippen molar-refractivity contribution in [2.45, 2.75) is 13.8 Å². The van der Waals surface area contributed by atoms with Crippen LogP contribution in [0.4, 0.5) is 10.5 Å². The second-order valence-electron chi connectivity index (χ2n) is 6.46. The van der Waals surface area contributed by atoms with Gasteiger partial charge in [0, 0.05) is 37.9 Å². The van der Waals surface area contributed by atoms with Crippen molar-refractivity contribution in [1.29, 1.82) is 0 Å². The minimum atomic E-state index is -0.113. The number of anilines is 1. The van der Waals surface area contributed by atoms with Crippen molar-refractivity contribution < 1.29 is 9.59 Å². The summed E-state index contributed by atoms with van der Waals surface area (Å²) in [5.74, 6) is -0.0426. The molecule has 1 fully saturated rings. The van der Waals surface area contributed by atoms with Crippen molar-refractivity contribution in [2.75, 3.05) is 38.1 Å². The Hall–Kier alpha value is -1.79. The van der Waals surface area contributed by atoms with Gasteiger partial charge < -0.3 is 16.0 Å². The van der Waals surface area contributed by atoms with Gasteiger partial charge in [-0.25, -0.2) is 4.79 Å². The van der Waals surface area contributed by atoms with E-state index < -0.39 is 0 Å². The topological polar surface area (TPSA) is 78.7 Å². The van der Waals surface area contributed by atoms with E-state index in [0.29, 0.717) is 31.7 Å². The third kappa shape index (κ3) is 4.59. The Morgan fingerprint density at radius 3 is 2.43 bits per heavy atom. The van der Waals surface area contributed by atoms with E-state index >= 15 is 0 Å². The third-order valence-corrected chi connectivity index (χ3v) is 3.85. The molecule has 0 saturated carbocycles. The van der Waals surface area contributed by atoms with Gasteiger partial charge in [0.2, 0.25) is 0 Å². The fourth-order valence-electron chi connectivity index (χ4n) is 2.50. The molecule has 3 N–H and O–H groups in total. The highest BCUT2D eigenvalue weighted by molar-refractivity contribution is 5.96. The zero-order valence-corrected chi connectivity index (χ0v) is 14.7. The molecule has 1 aromatic rings. The van der Waals surface area contributed by atoms with Crippen LogP contribution in [0.5, 0.6) is 0 Å². The summed E-state index contributed by atoms with van der Waals surface area (Å²) in [5.41, 5.74) is 7.01. The number of nitrogens with one attached hydrogen (secondary N) is 1. The lowest BCUT2D eigenvalue weighted by atomic mass is 9.93. The van der Waals surface area contributed by atoms with E-state index in [2.05, 4.69) is 5.32 Å². The molecular weight excluding hydrogens is 316 g/mol. The fourth-order valence-corrected chi connectivity index (χ4v) is 2.50. The van der Waals surface area contributed by atoms with Crippen LogP contribution in [0.3, 0.4) is 0 Å². The molecule has 0 radical (unpaired) electrons. The number of urea groups is 1. The highest BCUT2D eigenvalue weighted by Crippen LogP contribution is 2.19. The highest BCUT2D eigenvalue weighted by Gasteiger charge is 2.23. The lowest BCUT2D eigenvalue weighted by Gasteiger charge is -2.29. The van der Waals surface area contributed by atoms with Gasteiger partial charge in [0.25, 0.3) is 5.91 Å². The summed E-state index contributed by atoms with van der Waals surface area (Å²) in [6, 6.07) is 7.03. The Morgan fingerprint density at radius 1 is 1.35 bits per heavy atom. The molecule has 0 spiro atoms. The summed E-state index contributed by atoms with van der Waals surface area (Å²) in [5, 5.41) is 2.76. The number of nitrogens with zero attached hydrogens (tertiary/aromatic N) is 2. The van der Waals surface area contributed by atoms with Crippen LogP contribution in [0.25, 0.3) is 0 Å². The maximum absolute atomic E-state index is 12.4. The number of benzene rings is 1. The van der Waals surface area contributed by atoms with E-state index in [1.165, 1.54) is 0 Å². The number of rotatable bonds is 5. The maximum Gasteiger partial charge on any atom is 0.321 e. The third-order valence-electron chi connectivity index (χ3n) is 3.85. The van der Waals surface area contributed by atoms with Crippen LogP contribution >= 0.6 is 12.4 Å². The largest absolute Gasteiger partial charge is 0.341 e. The molecule has 1 heterocycles. The predicted octanol–water partition coefficient (Wildman–Crippen LogP) is 1.69. The van der Waals surface area contributed by atoms with Crippen molar-refractivity contribution >= 4 is 30.0 Å². The van der Waals surface area contributed by atoms with Crippen LogP contribution in [-0.4, -0.2) is 50.1 Å². The molecule has 0 aliphatic carbocycles. The molecule has 7 heteroatoms. The average molecular weight is 341 g/mol. The normalized spacial score (nSPS) is 14.3. The Labute approximate surface area is 143 Å². The van der Waals surface area contributed by atoms with E-state index in [-0.39, 0.29) is 29.8 Å². The van der Waals surface area contributed by atoms with Crippen LogP contribution in [0.15, 0.2) is 24.3 Å². The first-order valence-corrected chi connectivity index (χ1v) is 7.45. The first-order valence-electron chi connectivity index (χ1n) is 7.45. The highest BCUT2D eigenvalue weighted by atomic mass is 35.5. The Kier molecular flexibility index (Phi) is 6.41. The number of hydrogen-bond donors (Lipinski definition) is 2. The molecule has 2 rings (SSSR count). The average Bonchev–Trinajstić information content (AvgIpc) is 2.92. The molecule has 1 aliphatic heterocycles. The summed E-state index contributed by atoms with van der Waals surface area (Å²) in [4.78, 5) is 27.4. The zero-order chi connectivity index (χ0) is 16.3. The van der Waals surface area contributed by atoms with Gasteiger partial charge in [0.15, 0.2) is 0 Å². The van der Waals surface area contributed by atoms with Gasteiger partial charge in [-0.1, -0.05) is 13.8 Å².